The minimum Gasteiger partial charge on any atom is -0.300 e. The number of hydrogen-bond donors (Lipinski definition) is 0. The second kappa shape index (κ2) is 6.66. The molecule has 0 aliphatic heterocycles. The Bertz CT molecular complexity index is 269. The highest BCUT2D eigenvalue weighted by Crippen LogP contribution is 2.13. The quantitative estimate of drug-likeness (QED) is 0.667. The maximum absolute atomic E-state index is 10.7. The van der Waals surface area contributed by atoms with E-state index in [1.807, 2.05) is 17.8 Å². The Kier molecular flexibility index (Phi) is 5.38. The van der Waals surface area contributed by atoms with Crippen LogP contribution in [0.3, 0.4) is 0 Å². The topological polar surface area (TPSA) is 17.1 Å². The van der Waals surface area contributed by atoms with Gasteiger partial charge in [0.25, 0.3) is 0 Å². The molecule has 0 aliphatic rings. The molecule has 0 fully saturated rings. The van der Waals surface area contributed by atoms with Crippen LogP contribution in [0.25, 0.3) is 0 Å². The van der Waals surface area contributed by atoms with Gasteiger partial charge in [0.05, 0.1) is 0 Å². The van der Waals surface area contributed by atoms with E-state index in [4.69, 9.17) is 0 Å². The number of rotatable bonds is 6. The number of carbonyl (C=O) groups is 1. The summed E-state index contributed by atoms with van der Waals surface area (Å²) in [6, 6.07) is 10.4. The van der Waals surface area contributed by atoms with Crippen LogP contribution in [0.2, 0.25) is 0 Å². The molecule has 0 heterocycles. The second-order valence-corrected chi connectivity index (χ2v) is 4.45. The maximum Gasteiger partial charge on any atom is 0.129 e. The lowest BCUT2D eigenvalue weighted by Gasteiger charge is -2.00. The first-order valence-corrected chi connectivity index (χ1v) is 6.05. The minimum absolute atomic E-state index is 0.297. The standard InChI is InChI=1S/C12H16OS/c1-11(13)6-5-9-14-10-12-7-3-2-4-8-12/h2-4,7-8H,5-6,9-10H2,1H3. The zero-order valence-corrected chi connectivity index (χ0v) is 9.35. The van der Waals surface area contributed by atoms with Gasteiger partial charge in [-0.25, -0.2) is 0 Å². The van der Waals surface area contributed by atoms with Crippen molar-refractivity contribution in [2.75, 3.05) is 5.75 Å². The molecule has 1 nitrogen and oxygen atoms in total. The summed E-state index contributed by atoms with van der Waals surface area (Å²) in [5.74, 6) is 2.43. The van der Waals surface area contributed by atoms with Gasteiger partial charge >= 0.3 is 0 Å². The van der Waals surface area contributed by atoms with Crippen molar-refractivity contribution in [3.05, 3.63) is 35.9 Å². The average molecular weight is 208 g/mol. The zero-order chi connectivity index (χ0) is 10.2. The summed E-state index contributed by atoms with van der Waals surface area (Å²) in [5, 5.41) is 0. The first-order valence-electron chi connectivity index (χ1n) is 4.90. The van der Waals surface area contributed by atoms with E-state index in [0.717, 1.165) is 24.3 Å². The smallest absolute Gasteiger partial charge is 0.129 e. The summed E-state index contributed by atoms with van der Waals surface area (Å²) >= 11 is 1.90. The SMILES string of the molecule is CC(=O)CCCSCc1ccccc1. The molecular weight excluding hydrogens is 192 g/mol. The molecular formula is C12H16OS. The number of Topliss-reactive ketones (excluding diaryl/α,β-unsaturated/α-hetero) is 1. The van der Waals surface area contributed by atoms with Gasteiger partial charge in [-0.2, -0.15) is 11.8 Å². The van der Waals surface area contributed by atoms with Gasteiger partial charge in [-0.1, -0.05) is 30.3 Å². The Balaban J connectivity index is 2.08. The normalized spacial score (nSPS) is 10.1. The van der Waals surface area contributed by atoms with Crippen LogP contribution in [0, 0.1) is 0 Å². The van der Waals surface area contributed by atoms with E-state index < -0.39 is 0 Å². The molecule has 0 radical (unpaired) electrons. The lowest BCUT2D eigenvalue weighted by atomic mass is 10.2. The van der Waals surface area contributed by atoms with Crippen molar-refractivity contribution in [2.24, 2.45) is 0 Å². The first-order chi connectivity index (χ1) is 6.79. The molecule has 0 unspecified atom stereocenters. The fraction of sp³-hybridized carbons (Fsp3) is 0.417. The van der Waals surface area contributed by atoms with Crippen LogP contribution in [0.4, 0.5) is 0 Å². The summed E-state index contributed by atoms with van der Waals surface area (Å²) in [7, 11) is 0. The third kappa shape index (κ3) is 5.07. The molecule has 0 saturated heterocycles. The van der Waals surface area contributed by atoms with E-state index in [0.29, 0.717) is 5.78 Å². The molecule has 76 valence electrons. The molecule has 0 atom stereocenters. The fourth-order valence-corrected chi connectivity index (χ4v) is 2.11. The molecule has 1 aromatic rings. The molecule has 2 heteroatoms. The molecule has 0 N–H and O–H groups in total. The largest absolute Gasteiger partial charge is 0.300 e. The van der Waals surface area contributed by atoms with E-state index >= 15 is 0 Å². The van der Waals surface area contributed by atoms with Gasteiger partial charge in [0.1, 0.15) is 5.78 Å². The van der Waals surface area contributed by atoms with Gasteiger partial charge in [-0.05, 0) is 24.7 Å². The molecule has 1 rings (SSSR count). The maximum atomic E-state index is 10.7. The van der Waals surface area contributed by atoms with Crippen LogP contribution in [0.5, 0.6) is 0 Å². The summed E-state index contributed by atoms with van der Waals surface area (Å²) in [5.41, 5.74) is 1.36. The molecule has 1 aromatic carbocycles. The van der Waals surface area contributed by atoms with Crippen LogP contribution < -0.4 is 0 Å². The predicted octanol–water partition coefficient (Wildman–Crippen LogP) is 3.29. The van der Waals surface area contributed by atoms with Gasteiger partial charge in [0.15, 0.2) is 0 Å². The van der Waals surface area contributed by atoms with Crippen LogP contribution in [-0.2, 0) is 10.5 Å². The van der Waals surface area contributed by atoms with E-state index in [9.17, 15) is 4.79 Å². The molecule has 0 aliphatic carbocycles. The minimum atomic E-state index is 0.297. The van der Waals surface area contributed by atoms with Crippen molar-refractivity contribution in [3.8, 4) is 0 Å². The summed E-state index contributed by atoms with van der Waals surface area (Å²) in [4.78, 5) is 10.7. The monoisotopic (exact) mass is 208 g/mol. The van der Waals surface area contributed by atoms with Gasteiger partial charge in [-0.3, -0.25) is 0 Å². The Hall–Kier alpha value is -0.760. The van der Waals surface area contributed by atoms with E-state index in [2.05, 4.69) is 24.3 Å². The molecule has 0 saturated carbocycles. The van der Waals surface area contributed by atoms with Gasteiger partial charge in [0, 0.05) is 12.2 Å². The van der Waals surface area contributed by atoms with E-state index in [-0.39, 0.29) is 0 Å². The Morgan fingerprint density at radius 2 is 2.00 bits per heavy atom. The van der Waals surface area contributed by atoms with Crippen molar-refractivity contribution >= 4 is 17.5 Å². The third-order valence-electron chi connectivity index (χ3n) is 1.93. The van der Waals surface area contributed by atoms with Gasteiger partial charge in [0.2, 0.25) is 0 Å². The predicted molar refractivity (Wildman–Crippen MR) is 62.5 cm³/mol. The van der Waals surface area contributed by atoms with E-state index in [1.54, 1.807) is 6.92 Å². The Morgan fingerprint density at radius 3 is 2.64 bits per heavy atom. The highest BCUT2D eigenvalue weighted by atomic mass is 32.2. The highest BCUT2D eigenvalue weighted by molar-refractivity contribution is 7.98. The van der Waals surface area contributed by atoms with Crippen molar-refractivity contribution in [2.45, 2.75) is 25.5 Å². The number of hydrogen-bond acceptors (Lipinski definition) is 2. The first kappa shape index (κ1) is 11.3. The highest BCUT2D eigenvalue weighted by Gasteiger charge is 1.95. The number of benzene rings is 1. The van der Waals surface area contributed by atoms with Gasteiger partial charge in [-0.15, -0.1) is 0 Å². The Morgan fingerprint density at radius 1 is 1.29 bits per heavy atom. The van der Waals surface area contributed by atoms with Crippen molar-refractivity contribution in [1.29, 1.82) is 0 Å². The second-order valence-electron chi connectivity index (χ2n) is 3.34. The molecule has 0 amide bonds. The summed E-state index contributed by atoms with van der Waals surface area (Å²) in [6.07, 6.45) is 1.73. The van der Waals surface area contributed by atoms with Crippen LogP contribution >= 0.6 is 11.8 Å². The van der Waals surface area contributed by atoms with Crippen LogP contribution in [-0.4, -0.2) is 11.5 Å². The molecule has 0 bridgehead atoms. The molecule has 0 aromatic heterocycles. The number of carbonyl (C=O) groups excluding carboxylic acids is 1. The van der Waals surface area contributed by atoms with Crippen molar-refractivity contribution < 1.29 is 4.79 Å². The number of thioether (sulfide) groups is 1. The van der Waals surface area contributed by atoms with Crippen molar-refractivity contribution in [1.82, 2.24) is 0 Å². The summed E-state index contributed by atoms with van der Waals surface area (Å²) in [6.45, 7) is 1.65. The van der Waals surface area contributed by atoms with Crippen LogP contribution in [0.15, 0.2) is 30.3 Å². The average Bonchev–Trinajstić information content (AvgIpc) is 2.18. The number of ketones is 1. The fourth-order valence-electron chi connectivity index (χ4n) is 1.19. The third-order valence-corrected chi connectivity index (χ3v) is 3.04. The van der Waals surface area contributed by atoms with Crippen molar-refractivity contribution in [3.63, 3.8) is 0 Å². The van der Waals surface area contributed by atoms with E-state index in [1.165, 1.54) is 5.56 Å². The Labute approximate surface area is 89.9 Å². The lowest BCUT2D eigenvalue weighted by molar-refractivity contribution is -0.117. The lowest BCUT2D eigenvalue weighted by Crippen LogP contribution is -1.91. The molecule has 14 heavy (non-hydrogen) atoms. The summed E-state index contributed by atoms with van der Waals surface area (Å²) < 4.78 is 0. The van der Waals surface area contributed by atoms with Gasteiger partial charge < -0.3 is 4.79 Å². The zero-order valence-electron chi connectivity index (χ0n) is 8.53. The van der Waals surface area contributed by atoms with Crippen LogP contribution in [0.1, 0.15) is 25.3 Å². The molecule has 0 spiro atoms.